The van der Waals surface area contributed by atoms with Gasteiger partial charge in [0.1, 0.15) is 5.75 Å². The number of rotatable bonds is 7. The zero-order valence-electron chi connectivity index (χ0n) is 17.9. The zero-order valence-corrected chi connectivity index (χ0v) is 17.9. The van der Waals surface area contributed by atoms with Crippen LogP contribution in [0, 0.1) is 12.8 Å². The predicted octanol–water partition coefficient (Wildman–Crippen LogP) is 3.43. The maximum absolute atomic E-state index is 12.7. The molecule has 1 aliphatic heterocycles. The van der Waals surface area contributed by atoms with Crippen molar-refractivity contribution in [2.24, 2.45) is 5.92 Å². The van der Waals surface area contributed by atoms with E-state index in [4.69, 9.17) is 9.47 Å². The molecule has 1 N–H and O–H groups in total. The van der Waals surface area contributed by atoms with Crippen molar-refractivity contribution in [1.82, 2.24) is 4.90 Å². The van der Waals surface area contributed by atoms with E-state index in [1.165, 1.54) is 0 Å². The first-order valence-electron chi connectivity index (χ1n) is 10.5. The Labute approximate surface area is 182 Å². The van der Waals surface area contributed by atoms with Gasteiger partial charge in [-0.25, -0.2) is 0 Å². The third-order valence-electron chi connectivity index (χ3n) is 5.29. The summed E-state index contributed by atoms with van der Waals surface area (Å²) in [6, 6.07) is 14.5. The van der Waals surface area contributed by atoms with Crippen LogP contribution in [0.3, 0.4) is 0 Å². The molecule has 0 unspecified atom stereocenters. The highest BCUT2D eigenvalue weighted by molar-refractivity contribution is 5.96. The Morgan fingerprint density at radius 2 is 1.71 bits per heavy atom. The molecule has 1 fully saturated rings. The number of piperidine rings is 1. The molecule has 7 heteroatoms. The van der Waals surface area contributed by atoms with E-state index in [0.717, 1.165) is 11.3 Å². The summed E-state index contributed by atoms with van der Waals surface area (Å²) in [5.74, 6) is -0.396. The molecule has 1 saturated heterocycles. The molecule has 7 nitrogen and oxygen atoms in total. The molecule has 1 aliphatic rings. The maximum Gasteiger partial charge on any atom is 0.309 e. The molecular formula is C24H28N2O5. The van der Waals surface area contributed by atoms with Gasteiger partial charge in [0.2, 0.25) is 0 Å². The lowest BCUT2D eigenvalue weighted by Crippen LogP contribution is -2.41. The number of aryl methyl sites for hydroxylation is 1. The van der Waals surface area contributed by atoms with Crippen LogP contribution in [-0.2, 0) is 14.3 Å². The van der Waals surface area contributed by atoms with Gasteiger partial charge in [-0.1, -0.05) is 18.2 Å². The van der Waals surface area contributed by atoms with E-state index in [0.29, 0.717) is 43.8 Å². The number of carbonyl (C=O) groups excluding carboxylic acids is 3. The molecule has 0 aromatic heterocycles. The molecule has 3 rings (SSSR count). The quantitative estimate of drug-likeness (QED) is 0.689. The van der Waals surface area contributed by atoms with Crippen LogP contribution < -0.4 is 10.1 Å². The monoisotopic (exact) mass is 424 g/mol. The Balaban J connectivity index is 1.42. The number of carbonyl (C=O) groups is 3. The fourth-order valence-corrected chi connectivity index (χ4v) is 3.55. The highest BCUT2D eigenvalue weighted by Crippen LogP contribution is 2.21. The topological polar surface area (TPSA) is 84.9 Å². The number of hydrogen-bond acceptors (Lipinski definition) is 5. The van der Waals surface area contributed by atoms with Gasteiger partial charge in [0.15, 0.2) is 6.61 Å². The van der Waals surface area contributed by atoms with Crippen LogP contribution in [0.5, 0.6) is 5.75 Å². The van der Waals surface area contributed by atoms with Gasteiger partial charge in [-0.3, -0.25) is 14.4 Å². The third-order valence-corrected chi connectivity index (χ3v) is 5.29. The van der Waals surface area contributed by atoms with Crippen LogP contribution in [0.15, 0.2) is 48.5 Å². The SMILES string of the molecule is CCOc1ccc(NC(=O)COC(=O)C2CCN(C(=O)c3ccccc3C)CC2)cc1. The molecule has 2 aromatic carbocycles. The van der Waals surface area contributed by atoms with Gasteiger partial charge in [-0.15, -0.1) is 0 Å². The molecule has 0 spiro atoms. The molecule has 2 aromatic rings. The lowest BCUT2D eigenvalue weighted by molar-refractivity contribution is -0.152. The summed E-state index contributed by atoms with van der Waals surface area (Å²) in [6.07, 6.45) is 1.05. The van der Waals surface area contributed by atoms with Crippen molar-refractivity contribution in [3.05, 3.63) is 59.7 Å². The van der Waals surface area contributed by atoms with Crippen molar-refractivity contribution in [3.63, 3.8) is 0 Å². The minimum absolute atomic E-state index is 0.0142. The summed E-state index contributed by atoms with van der Waals surface area (Å²) in [4.78, 5) is 38.9. The Kier molecular flexibility index (Phi) is 7.65. The molecule has 0 aliphatic carbocycles. The summed E-state index contributed by atoms with van der Waals surface area (Å²) >= 11 is 0. The largest absolute Gasteiger partial charge is 0.494 e. The second kappa shape index (κ2) is 10.6. The van der Waals surface area contributed by atoms with Crippen LogP contribution in [-0.4, -0.2) is 49.0 Å². The van der Waals surface area contributed by atoms with Gasteiger partial charge in [-0.2, -0.15) is 0 Å². The lowest BCUT2D eigenvalue weighted by Gasteiger charge is -2.31. The highest BCUT2D eigenvalue weighted by Gasteiger charge is 2.29. The number of likely N-dealkylation sites (tertiary alicyclic amines) is 1. The average molecular weight is 424 g/mol. The van der Waals surface area contributed by atoms with Crippen molar-refractivity contribution in [2.45, 2.75) is 26.7 Å². The minimum atomic E-state index is -0.398. The molecule has 0 radical (unpaired) electrons. The molecular weight excluding hydrogens is 396 g/mol. The van der Waals surface area contributed by atoms with Crippen molar-refractivity contribution in [3.8, 4) is 5.75 Å². The van der Waals surface area contributed by atoms with E-state index < -0.39 is 11.9 Å². The molecule has 0 bridgehead atoms. The number of anilines is 1. The van der Waals surface area contributed by atoms with Crippen LogP contribution in [0.2, 0.25) is 0 Å². The summed E-state index contributed by atoms with van der Waals surface area (Å²) in [7, 11) is 0. The van der Waals surface area contributed by atoms with Crippen LogP contribution in [0.25, 0.3) is 0 Å². The first-order valence-corrected chi connectivity index (χ1v) is 10.5. The minimum Gasteiger partial charge on any atom is -0.494 e. The second-order valence-electron chi connectivity index (χ2n) is 7.49. The average Bonchev–Trinajstić information content (AvgIpc) is 2.79. The Morgan fingerprint density at radius 1 is 1.03 bits per heavy atom. The number of ether oxygens (including phenoxy) is 2. The number of hydrogen-bond donors (Lipinski definition) is 1. The first-order chi connectivity index (χ1) is 15.0. The molecule has 2 amide bonds. The zero-order chi connectivity index (χ0) is 22.2. The molecule has 31 heavy (non-hydrogen) atoms. The Bertz CT molecular complexity index is 918. The maximum atomic E-state index is 12.7. The van der Waals surface area contributed by atoms with Gasteiger partial charge in [-0.05, 0) is 62.6 Å². The number of nitrogens with one attached hydrogen (secondary N) is 1. The lowest BCUT2D eigenvalue weighted by atomic mass is 9.96. The summed E-state index contributed by atoms with van der Waals surface area (Å²) in [6.45, 7) is 5.03. The molecule has 0 atom stereocenters. The summed E-state index contributed by atoms with van der Waals surface area (Å²) in [5.41, 5.74) is 2.23. The first kappa shape index (κ1) is 22.3. The predicted molar refractivity (Wildman–Crippen MR) is 117 cm³/mol. The Hall–Kier alpha value is -3.35. The summed E-state index contributed by atoms with van der Waals surface area (Å²) in [5, 5.41) is 2.69. The number of amides is 2. The van der Waals surface area contributed by atoms with Crippen molar-refractivity contribution >= 4 is 23.5 Å². The van der Waals surface area contributed by atoms with E-state index in [2.05, 4.69) is 5.32 Å². The van der Waals surface area contributed by atoms with E-state index >= 15 is 0 Å². The van der Waals surface area contributed by atoms with E-state index in [-0.39, 0.29) is 18.4 Å². The van der Waals surface area contributed by atoms with Crippen molar-refractivity contribution in [2.75, 3.05) is 31.6 Å². The smallest absolute Gasteiger partial charge is 0.309 e. The normalized spacial score (nSPS) is 14.1. The van der Waals surface area contributed by atoms with Crippen LogP contribution in [0.4, 0.5) is 5.69 Å². The van der Waals surface area contributed by atoms with Crippen molar-refractivity contribution < 1.29 is 23.9 Å². The standard InChI is InChI=1S/C24H28N2O5/c1-3-30-20-10-8-19(9-11-20)25-22(27)16-31-24(29)18-12-14-26(15-13-18)23(28)21-7-5-4-6-17(21)2/h4-11,18H,3,12-16H2,1-2H3,(H,25,27). The van der Waals surface area contributed by atoms with Gasteiger partial charge in [0.25, 0.3) is 11.8 Å². The Morgan fingerprint density at radius 3 is 2.35 bits per heavy atom. The van der Waals surface area contributed by atoms with E-state index in [1.807, 2.05) is 38.1 Å². The van der Waals surface area contributed by atoms with E-state index in [1.54, 1.807) is 29.2 Å². The van der Waals surface area contributed by atoms with Crippen LogP contribution >= 0.6 is 0 Å². The van der Waals surface area contributed by atoms with Crippen LogP contribution in [0.1, 0.15) is 35.7 Å². The number of esters is 1. The van der Waals surface area contributed by atoms with Gasteiger partial charge in [0.05, 0.1) is 12.5 Å². The molecule has 164 valence electrons. The van der Waals surface area contributed by atoms with Gasteiger partial charge >= 0.3 is 5.97 Å². The fraction of sp³-hybridized carbons (Fsp3) is 0.375. The van der Waals surface area contributed by atoms with Gasteiger partial charge in [0, 0.05) is 24.3 Å². The highest BCUT2D eigenvalue weighted by atomic mass is 16.5. The van der Waals surface area contributed by atoms with Gasteiger partial charge < -0.3 is 19.7 Å². The molecule has 0 saturated carbocycles. The summed E-state index contributed by atoms with van der Waals surface area (Å²) < 4.78 is 10.6. The number of nitrogens with zero attached hydrogens (tertiary/aromatic N) is 1. The fourth-order valence-electron chi connectivity index (χ4n) is 3.55. The number of benzene rings is 2. The van der Waals surface area contributed by atoms with E-state index in [9.17, 15) is 14.4 Å². The second-order valence-corrected chi connectivity index (χ2v) is 7.49. The molecule has 1 heterocycles. The third kappa shape index (κ3) is 6.07. The van der Waals surface area contributed by atoms with Crippen molar-refractivity contribution in [1.29, 1.82) is 0 Å².